The summed E-state index contributed by atoms with van der Waals surface area (Å²) >= 11 is 5.93. The van der Waals surface area contributed by atoms with E-state index in [0.717, 1.165) is 5.56 Å². The first kappa shape index (κ1) is 20.5. The Morgan fingerprint density at radius 3 is 2.62 bits per heavy atom. The third-order valence-electron chi connectivity index (χ3n) is 4.34. The van der Waals surface area contributed by atoms with Crippen LogP contribution in [0.4, 0.5) is 0 Å². The lowest BCUT2D eigenvalue weighted by Crippen LogP contribution is -2.33. The van der Waals surface area contributed by atoms with Crippen LogP contribution >= 0.6 is 11.6 Å². The summed E-state index contributed by atoms with van der Waals surface area (Å²) in [7, 11) is 0. The molecule has 1 heterocycles. The molecule has 0 aliphatic carbocycles. The van der Waals surface area contributed by atoms with Crippen LogP contribution < -0.4 is 11.1 Å². The van der Waals surface area contributed by atoms with Crippen molar-refractivity contribution in [1.29, 1.82) is 0 Å². The second kappa shape index (κ2) is 8.87. The number of aromatic nitrogens is 1. The van der Waals surface area contributed by atoms with Crippen molar-refractivity contribution in [3.63, 3.8) is 0 Å². The number of nitrogens with one attached hydrogen (secondary N) is 1. The lowest BCUT2D eigenvalue weighted by molar-refractivity contribution is -0.137. The standard InChI is InChI=1S/C21H19ClN2O5/c1-13(25)7-8-23-20(27)18(26)10-14-3-2-4-15(9-14)12-24-17-6-5-16(22)11-19(17)29-21(24)28/h2-6,9,11H,7-8,10,12H2,1H3,(H,23,27). The van der Waals surface area contributed by atoms with Crippen LogP contribution in [0.25, 0.3) is 11.1 Å². The van der Waals surface area contributed by atoms with Crippen LogP contribution in [0.2, 0.25) is 5.02 Å². The van der Waals surface area contributed by atoms with Gasteiger partial charge in [-0.1, -0.05) is 35.9 Å². The number of hydrogen-bond donors (Lipinski definition) is 1. The van der Waals surface area contributed by atoms with Gasteiger partial charge in [-0.05, 0) is 30.2 Å². The second-order valence-corrected chi connectivity index (χ2v) is 7.13. The lowest BCUT2D eigenvalue weighted by Gasteiger charge is -2.07. The molecule has 0 aliphatic rings. The molecule has 3 rings (SSSR count). The molecule has 0 fully saturated rings. The van der Waals surface area contributed by atoms with E-state index in [1.165, 1.54) is 11.5 Å². The molecular weight excluding hydrogens is 396 g/mol. The maximum Gasteiger partial charge on any atom is 0.420 e. The number of halogens is 1. The Labute approximate surface area is 171 Å². The molecule has 0 bridgehead atoms. The van der Waals surface area contributed by atoms with E-state index in [1.54, 1.807) is 36.4 Å². The van der Waals surface area contributed by atoms with Crippen molar-refractivity contribution in [2.24, 2.45) is 0 Å². The van der Waals surface area contributed by atoms with Crippen LogP contribution in [0, 0.1) is 0 Å². The first-order valence-corrected chi connectivity index (χ1v) is 9.38. The summed E-state index contributed by atoms with van der Waals surface area (Å²) in [5.74, 6) is -1.87. The highest BCUT2D eigenvalue weighted by atomic mass is 35.5. The molecule has 1 N–H and O–H groups in total. The first-order chi connectivity index (χ1) is 13.8. The molecule has 0 atom stereocenters. The average molecular weight is 415 g/mol. The number of carbonyl (C=O) groups excluding carboxylic acids is 3. The molecular formula is C21H19ClN2O5. The van der Waals surface area contributed by atoms with Crippen LogP contribution in [0.1, 0.15) is 24.5 Å². The van der Waals surface area contributed by atoms with Crippen LogP contribution in [0.15, 0.2) is 51.7 Å². The van der Waals surface area contributed by atoms with Gasteiger partial charge in [0.2, 0.25) is 5.78 Å². The van der Waals surface area contributed by atoms with E-state index < -0.39 is 17.4 Å². The number of benzene rings is 2. The van der Waals surface area contributed by atoms with E-state index in [1.807, 2.05) is 6.07 Å². The van der Waals surface area contributed by atoms with Gasteiger partial charge in [0.1, 0.15) is 5.78 Å². The molecule has 1 amide bonds. The number of Topliss-reactive ketones (excluding diaryl/α,β-unsaturated/α-hetero) is 2. The third-order valence-corrected chi connectivity index (χ3v) is 4.58. The van der Waals surface area contributed by atoms with Gasteiger partial charge in [-0.2, -0.15) is 0 Å². The van der Waals surface area contributed by atoms with Crippen LogP contribution in [0.3, 0.4) is 0 Å². The summed E-state index contributed by atoms with van der Waals surface area (Å²) in [6.45, 7) is 1.81. The minimum Gasteiger partial charge on any atom is -0.408 e. The summed E-state index contributed by atoms with van der Waals surface area (Å²) in [4.78, 5) is 47.0. The summed E-state index contributed by atoms with van der Waals surface area (Å²) in [5.41, 5.74) is 2.45. The maximum atomic E-state index is 12.2. The van der Waals surface area contributed by atoms with Gasteiger partial charge < -0.3 is 9.73 Å². The molecule has 0 spiro atoms. The molecule has 0 unspecified atom stereocenters. The number of amides is 1. The Bertz CT molecular complexity index is 1150. The Morgan fingerprint density at radius 1 is 1.10 bits per heavy atom. The predicted octanol–water partition coefficient (Wildman–Crippen LogP) is 2.50. The maximum absolute atomic E-state index is 12.2. The highest BCUT2D eigenvalue weighted by Crippen LogP contribution is 2.19. The number of carbonyl (C=O) groups is 3. The van der Waals surface area contributed by atoms with E-state index >= 15 is 0 Å². The predicted molar refractivity (Wildman–Crippen MR) is 108 cm³/mol. The fourth-order valence-corrected chi connectivity index (χ4v) is 3.09. The molecule has 8 heteroatoms. The SMILES string of the molecule is CC(=O)CCNC(=O)C(=O)Cc1cccc(Cn2c(=O)oc3cc(Cl)ccc32)c1. The van der Waals surface area contributed by atoms with E-state index in [9.17, 15) is 19.2 Å². The molecule has 7 nitrogen and oxygen atoms in total. The summed E-state index contributed by atoms with van der Waals surface area (Å²) in [6, 6.07) is 12.0. The van der Waals surface area contributed by atoms with Crippen molar-refractivity contribution in [3.05, 3.63) is 69.2 Å². The lowest BCUT2D eigenvalue weighted by atomic mass is 10.1. The van der Waals surface area contributed by atoms with E-state index in [0.29, 0.717) is 21.7 Å². The summed E-state index contributed by atoms with van der Waals surface area (Å²) in [6.07, 6.45) is 0.115. The quantitative estimate of drug-likeness (QED) is 0.571. The van der Waals surface area contributed by atoms with Crippen LogP contribution in [-0.2, 0) is 27.3 Å². The van der Waals surface area contributed by atoms with Gasteiger partial charge in [0.05, 0.1) is 12.1 Å². The molecule has 2 aromatic carbocycles. The van der Waals surface area contributed by atoms with Crippen molar-refractivity contribution in [1.82, 2.24) is 9.88 Å². The van der Waals surface area contributed by atoms with Gasteiger partial charge in [-0.15, -0.1) is 0 Å². The highest BCUT2D eigenvalue weighted by molar-refractivity contribution is 6.36. The Morgan fingerprint density at radius 2 is 1.86 bits per heavy atom. The van der Waals surface area contributed by atoms with Gasteiger partial charge in [-0.25, -0.2) is 4.79 Å². The van der Waals surface area contributed by atoms with Crippen LogP contribution in [0.5, 0.6) is 0 Å². The zero-order valence-corrected chi connectivity index (χ0v) is 16.5. The number of rotatable bonds is 8. The number of ketones is 2. The molecule has 0 saturated heterocycles. The molecule has 1 aromatic heterocycles. The van der Waals surface area contributed by atoms with E-state index in [4.69, 9.17) is 16.0 Å². The fraction of sp³-hybridized carbons (Fsp3) is 0.238. The first-order valence-electron chi connectivity index (χ1n) is 9.00. The zero-order chi connectivity index (χ0) is 21.0. The van der Waals surface area contributed by atoms with Gasteiger partial charge in [0.25, 0.3) is 5.91 Å². The second-order valence-electron chi connectivity index (χ2n) is 6.69. The Balaban J connectivity index is 1.71. The van der Waals surface area contributed by atoms with Gasteiger partial charge in [0.15, 0.2) is 5.58 Å². The molecule has 0 saturated carbocycles. The number of fused-ring (bicyclic) bond motifs is 1. The van der Waals surface area contributed by atoms with Crippen molar-refractivity contribution in [2.45, 2.75) is 26.3 Å². The Kier molecular flexibility index (Phi) is 6.29. The topological polar surface area (TPSA) is 98.4 Å². The van der Waals surface area contributed by atoms with Crippen molar-refractivity contribution in [3.8, 4) is 0 Å². The largest absolute Gasteiger partial charge is 0.420 e. The van der Waals surface area contributed by atoms with Gasteiger partial charge >= 0.3 is 5.76 Å². The third kappa shape index (κ3) is 5.20. The fourth-order valence-electron chi connectivity index (χ4n) is 2.93. The monoisotopic (exact) mass is 414 g/mol. The molecule has 3 aromatic rings. The van der Waals surface area contributed by atoms with Crippen molar-refractivity contribution in [2.75, 3.05) is 6.54 Å². The minimum absolute atomic E-state index is 0.0604. The molecule has 0 radical (unpaired) electrons. The number of hydrogen-bond acceptors (Lipinski definition) is 5. The zero-order valence-electron chi connectivity index (χ0n) is 15.7. The van der Waals surface area contributed by atoms with Crippen LogP contribution in [-0.4, -0.2) is 28.6 Å². The van der Waals surface area contributed by atoms with Gasteiger partial charge in [-0.3, -0.25) is 19.0 Å². The number of nitrogens with zero attached hydrogens (tertiary/aromatic N) is 1. The summed E-state index contributed by atoms with van der Waals surface area (Å²) < 4.78 is 6.70. The molecule has 150 valence electrons. The van der Waals surface area contributed by atoms with Crippen molar-refractivity contribution < 1.29 is 18.8 Å². The van der Waals surface area contributed by atoms with E-state index in [-0.39, 0.29) is 31.7 Å². The molecule has 0 aliphatic heterocycles. The average Bonchev–Trinajstić information content (AvgIpc) is 2.96. The van der Waals surface area contributed by atoms with Crippen molar-refractivity contribution >= 4 is 40.2 Å². The van der Waals surface area contributed by atoms with E-state index in [2.05, 4.69) is 5.32 Å². The number of oxazole rings is 1. The molecule has 29 heavy (non-hydrogen) atoms. The van der Waals surface area contributed by atoms with Gasteiger partial charge in [0, 0.05) is 30.5 Å². The summed E-state index contributed by atoms with van der Waals surface area (Å²) in [5, 5.41) is 2.91. The Hall–Kier alpha value is -3.19. The highest BCUT2D eigenvalue weighted by Gasteiger charge is 2.15. The minimum atomic E-state index is -0.717. The smallest absolute Gasteiger partial charge is 0.408 e. The normalized spacial score (nSPS) is 10.8.